The third-order valence-electron chi connectivity index (χ3n) is 3.80. The number of ether oxygens (including phenoxy) is 1. The second-order valence-corrected chi connectivity index (χ2v) is 7.32. The molecule has 7 heteroatoms. The molecule has 5 nitrogen and oxygen atoms in total. The minimum atomic E-state index is -3.43. The number of hydrogen-bond acceptors (Lipinski definition) is 4. The maximum atomic E-state index is 12.6. The van der Waals surface area contributed by atoms with Gasteiger partial charge in [0.1, 0.15) is 5.75 Å². The Morgan fingerprint density at radius 3 is 2.36 bits per heavy atom. The lowest BCUT2D eigenvalue weighted by Gasteiger charge is -2.30. The molecule has 126 valence electrons. The molecule has 1 aromatic carbocycles. The zero-order valence-corrected chi connectivity index (χ0v) is 14.8. The van der Waals surface area contributed by atoms with Gasteiger partial charge in [-0.2, -0.15) is 4.31 Å². The molecule has 0 bridgehead atoms. The Balaban J connectivity index is 0.00000242. The van der Waals surface area contributed by atoms with Crippen molar-refractivity contribution in [2.24, 2.45) is 0 Å². The van der Waals surface area contributed by atoms with Gasteiger partial charge in [0.2, 0.25) is 10.0 Å². The molecule has 1 aliphatic heterocycles. The molecule has 0 aromatic heterocycles. The van der Waals surface area contributed by atoms with E-state index in [1.54, 1.807) is 31.3 Å². The van der Waals surface area contributed by atoms with E-state index in [4.69, 9.17) is 4.74 Å². The maximum Gasteiger partial charge on any atom is 0.243 e. The van der Waals surface area contributed by atoms with E-state index >= 15 is 0 Å². The van der Waals surface area contributed by atoms with Crippen molar-refractivity contribution in [1.29, 1.82) is 0 Å². The second kappa shape index (κ2) is 8.72. The zero-order valence-electron chi connectivity index (χ0n) is 13.1. The molecule has 1 aliphatic rings. The summed E-state index contributed by atoms with van der Waals surface area (Å²) in [5.74, 6) is 0.709. The van der Waals surface area contributed by atoms with Crippen molar-refractivity contribution < 1.29 is 13.2 Å². The molecule has 0 spiro atoms. The van der Waals surface area contributed by atoms with Gasteiger partial charge in [-0.15, -0.1) is 12.4 Å². The number of rotatable bonds is 6. The molecular weight excluding hydrogens is 324 g/mol. The largest absolute Gasteiger partial charge is 0.494 e. The highest BCUT2D eigenvalue weighted by Gasteiger charge is 2.28. The molecule has 1 N–H and O–H groups in total. The van der Waals surface area contributed by atoms with E-state index in [1.807, 2.05) is 6.92 Å². The molecule has 1 heterocycles. The molecule has 0 amide bonds. The van der Waals surface area contributed by atoms with Gasteiger partial charge >= 0.3 is 0 Å². The van der Waals surface area contributed by atoms with Crippen LogP contribution in [0.5, 0.6) is 5.75 Å². The fourth-order valence-electron chi connectivity index (χ4n) is 2.46. The summed E-state index contributed by atoms with van der Waals surface area (Å²) < 4.78 is 32.2. The number of nitrogens with zero attached hydrogens (tertiary/aromatic N) is 1. The van der Waals surface area contributed by atoms with Gasteiger partial charge in [0.05, 0.1) is 11.5 Å². The molecule has 2 rings (SSSR count). The van der Waals surface area contributed by atoms with Crippen LogP contribution >= 0.6 is 12.4 Å². The smallest absolute Gasteiger partial charge is 0.243 e. The predicted molar refractivity (Wildman–Crippen MR) is 90.3 cm³/mol. The number of sulfonamides is 1. The van der Waals surface area contributed by atoms with Crippen LogP contribution in [-0.2, 0) is 10.0 Å². The molecule has 0 unspecified atom stereocenters. The van der Waals surface area contributed by atoms with Crippen LogP contribution in [0.25, 0.3) is 0 Å². The van der Waals surface area contributed by atoms with Crippen molar-refractivity contribution in [3.8, 4) is 5.75 Å². The Labute approximate surface area is 139 Å². The molecule has 0 aliphatic carbocycles. The van der Waals surface area contributed by atoms with Gasteiger partial charge in [-0.05, 0) is 56.6 Å². The molecule has 0 radical (unpaired) electrons. The lowest BCUT2D eigenvalue weighted by atomic mass is 10.1. The van der Waals surface area contributed by atoms with E-state index in [0.717, 1.165) is 32.4 Å². The van der Waals surface area contributed by atoms with E-state index < -0.39 is 10.0 Å². The third kappa shape index (κ3) is 4.59. The summed E-state index contributed by atoms with van der Waals surface area (Å²) in [7, 11) is -1.75. The Morgan fingerprint density at radius 1 is 1.23 bits per heavy atom. The summed E-state index contributed by atoms with van der Waals surface area (Å²) in [4.78, 5) is 0.326. The molecular formula is C15H25ClN2O3S. The molecule has 1 saturated heterocycles. The van der Waals surface area contributed by atoms with Crippen LogP contribution in [0.3, 0.4) is 0 Å². The van der Waals surface area contributed by atoms with Gasteiger partial charge in [0.15, 0.2) is 0 Å². The van der Waals surface area contributed by atoms with Crippen LogP contribution in [-0.4, -0.2) is 45.5 Å². The van der Waals surface area contributed by atoms with Gasteiger partial charge in [-0.25, -0.2) is 8.42 Å². The highest BCUT2D eigenvalue weighted by atomic mass is 35.5. The summed E-state index contributed by atoms with van der Waals surface area (Å²) in [5.41, 5.74) is 0. The van der Waals surface area contributed by atoms with Gasteiger partial charge in [0.25, 0.3) is 0 Å². The second-order valence-electron chi connectivity index (χ2n) is 5.32. The number of benzene rings is 1. The van der Waals surface area contributed by atoms with Crippen molar-refractivity contribution in [3.05, 3.63) is 24.3 Å². The normalized spacial score (nSPS) is 16.3. The molecule has 0 atom stereocenters. The van der Waals surface area contributed by atoms with Gasteiger partial charge in [-0.3, -0.25) is 0 Å². The summed E-state index contributed by atoms with van der Waals surface area (Å²) in [6.07, 6.45) is 2.64. The number of nitrogens with one attached hydrogen (secondary N) is 1. The monoisotopic (exact) mass is 348 g/mol. The van der Waals surface area contributed by atoms with Gasteiger partial charge in [0, 0.05) is 13.1 Å². The maximum absolute atomic E-state index is 12.6. The van der Waals surface area contributed by atoms with E-state index in [2.05, 4.69) is 5.32 Å². The Bertz CT molecular complexity index is 542. The van der Waals surface area contributed by atoms with E-state index in [-0.39, 0.29) is 18.4 Å². The van der Waals surface area contributed by atoms with E-state index in [1.165, 1.54) is 4.31 Å². The highest BCUT2D eigenvalue weighted by molar-refractivity contribution is 7.89. The van der Waals surface area contributed by atoms with Crippen LogP contribution in [0.1, 0.15) is 26.2 Å². The molecule has 0 saturated carbocycles. The van der Waals surface area contributed by atoms with Crippen LogP contribution in [0, 0.1) is 0 Å². The van der Waals surface area contributed by atoms with E-state index in [0.29, 0.717) is 17.3 Å². The van der Waals surface area contributed by atoms with Crippen molar-refractivity contribution in [1.82, 2.24) is 9.62 Å². The van der Waals surface area contributed by atoms with Gasteiger partial charge < -0.3 is 10.1 Å². The SMILES string of the molecule is CCCOc1ccc(S(=O)(=O)N(C)C2CCNCC2)cc1.Cl. The van der Waals surface area contributed by atoms with Crippen LogP contribution in [0.15, 0.2) is 29.2 Å². The summed E-state index contributed by atoms with van der Waals surface area (Å²) in [5, 5.41) is 3.25. The fourth-order valence-corrected chi connectivity index (χ4v) is 3.88. The minimum Gasteiger partial charge on any atom is -0.494 e. The third-order valence-corrected chi connectivity index (χ3v) is 5.72. The van der Waals surface area contributed by atoms with Gasteiger partial charge in [-0.1, -0.05) is 6.92 Å². The Hall–Kier alpha value is -0.820. The first-order valence-corrected chi connectivity index (χ1v) is 8.91. The number of hydrogen-bond donors (Lipinski definition) is 1. The zero-order chi connectivity index (χ0) is 15.3. The van der Waals surface area contributed by atoms with Crippen LogP contribution < -0.4 is 10.1 Å². The fraction of sp³-hybridized carbons (Fsp3) is 0.600. The summed E-state index contributed by atoms with van der Waals surface area (Å²) >= 11 is 0. The standard InChI is InChI=1S/C15H24N2O3S.ClH/c1-3-12-20-14-4-6-15(7-5-14)21(18,19)17(2)13-8-10-16-11-9-13;/h4-7,13,16H,3,8-12H2,1-2H3;1H. The quantitative estimate of drug-likeness (QED) is 0.856. The minimum absolute atomic E-state index is 0. The van der Waals surface area contributed by atoms with Crippen molar-refractivity contribution >= 4 is 22.4 Å². The molecule has 1 fully saturated rings. The highest BCUT2D eigenvalue weighted by Crippen LogP contribution is 2.22. The topological polar surface area (TPSA) is 58.6 Å². The first-order valence-electron chi connectivity index (χ1n) is 7.47. The summed E-state index contributed by atoms with van der Waals surface area (Å²) in [6.45, 7) is 4.41. The lowest BCUT2D eigenvalue weighted by molar-refractivity contribution is 0.296. The first kappa shape index (κ1) is 19.2. The number of piperidine rings is 1. The van der Waals surface area contributed by atoms with Crippen molar-refractivity contribution in [3.63, 3.8) is 0 Å². The molecule has 1 aromatic rings. The Morgan fingerprint density at radius 2 is 1.82 bits per heavy atom. The average Bonchev–Trinajstić information content (AvgIpc) is 2.53. The predicted octanol–water partition coefficient (Wildman–Crippen LogP) is 2.27. The first-order chi connectivity index (χ1) is 10.1. The molecule has 22 heavy (non-hydrogen) atoms. The Kier molecular flexibility index (Phi) is 7.62. The summed E-state index contributed by atoms with van der Waals surface area (Å²) in [6, 6.07) is 6.76. The average molecular weight is 349 g/mol. The lowest BCUT2D eigenvalue weighted by Crippen LogP contribution is -2.43. The van der Waals surface area contributed by atoms with Crippen LogP contribution in [0.4, 0.5) is 0 Å². The van der Waals surface area contributed by atoms with E-state index in [9.17, 15) is 8.42 Å². The van der Waals surface area contributed by atoms with Crippen molar-refractivity contribution in [2.45, 2.75) is 37.1 Å². The van der Waals surface area contributed by atoms with Crippen LogP contribution in [0.2, 0.25) is 0 Å². The number of halogens is 1. The van der Waals surface area contributed by atoms with Crippen molar-refractivity contribution in [2.75, 3.05) is 26.7 Å².